The summed E-state index contributed by atoms with van der Waals surface area (Å²) in [6, 6.07) is 3.61. The molecule has 0 saturated carbocycles. The summed E-state index contributed by atoms with van der Waals surface area (Å²) < 4.78 is 6.97. The first-order chi connectivity index (χ1) is 8.11. The van der Waals surface area contributed by atoms with Gasteiger partial charge in [0.2, 0.25) is 0 Å². The zero-order chi connectivity index (χ0) is 12.7. The van der Waals surface area contributed by atoms with Crippen molar-refractivity contribution in [1.82, 2.24) is 9.47 Å². The summed E-state index contributed by atoms with van der Waals surface area (Å²) in [6.07, 6.45) is 5.02. The van der Waals surface area contributed by atoms with Crippen LogP contribution in [0.25, 0.3) is 0 Å². The van der Waals surface area contributed by atoms with Gasteiger partial charge in [0, 0.05) is 13.2 Å². The number of hydrogen-bond acceptors (Lipinski definition) is 3. The lowest BCUT2D eigenvalue weighted by molar-refractivity contribution is 0.0486. The van der Waals surface area contributed by atoms with Crippen LogP contribution in [0.3, 0.4) is 0 Å². The van der Waals surface area contributed by atoms with Crippen LogP contribution in [0.5, 0.6) is 0 Å². The van der Waals surface area contributed by atoms with Gasteiger partial charge in [-0.1, -0.05) is 0 Å². The maximum Gasteiger partial charge on any atom is 0.354 e. The molecule has 4 heteroatoms. The first kappa shape index (κ1) is 13.8. The first-order valence-electron chi connectivity index (χ1n) is 6.04. The second-order valence-electron chi connectivity index (χ2n) is 4.50. The lowest BCUT2D eigenvalue weighted by Crippen LogP contribution is -2.13. The molecule has 0 radical (unpaired) electrons. The van der Waals surface area contributed by atoms with Crippen LogP contribution in [0, 0.1) is 0 Å². The summed E-state index contributed by atoms with van der Waals surface area (Å²) in [7, 11) is 5.97. The molecule has 0 saturated heterocycles. The van der Waals surface area contributed by atoms with Gasteiger partial charge < -0.3 is 14.2 Å². The Bertz CT molecular complexity index is 345. The van der Waals surface area contributed by atoms with Crippen molar-refractivity contribution in [2.75, 3.05) is 27.2 Å². The lowest BCUT2D eigenvalue weighted by atomic mass is 10.2. The predicted molar refractivity (Wildman–Crippen MR) is 68.1 cm³/mol. The number of aromatic nitrogens is 1. The number of rotatable bonds is 7. The molecule has 0 atom stereocenters. The standard InChI is InChI=1S/C13H22N2O2/c1-14(2)9-5-4-6-11-17-13(16)12-8-7-10-15(12)3/h7-8,10H,4-6,9,11H2,1-3H3. The number of esters is 1. The second-order valence-corrected chi connectivity index (χ2v) is 4.50. The third-order valence-electron chi connectivity index (χ3n) is 2.64. The fourth-order valence-corrected chi connectivity index (χ4v) is 1.62. The van der Waals surface area contributed by atoms with E-state index in [1.807, 2.05) is 19.3 Å². The summed E-state index contributed by atoms with van der Waals surface area (Å²) in [5.74, 6) is -0.231. The molecule has 4 nitrogen and oxygen atoms in total. The van der Waals surface area contributed by atoms with Gasteiger partial charge in [-0.2, -0.15) is 0 Å². The van der Waals surface area contributed by atoms with E-state index in [4.69, 9.17) is 4.74 Å². The third kappa shape index (κ3) is 5.04. The van der Waals surface area contributed by atoms with E-state index in [0.29, 0.717) is 12.3 Å². The Morgan fingerprint density at radius 1 is 1.35 bits per heavy atom. The van der Waals surface area contributed by atoms with Gasteiger partial charge in [0.05, 0.1) is 6.61 Å². The normalized spacial score (nSPS) is 10.8. The molecule has 17 heavy (non-hydrogen) atoms. The van der Waals surface area contributed by atoms with E-state index in [0.717, 1.165) is 25.8 Å². The van der Waals surface area contributed by atoms with Crippen LogP contribution in [0.4, 0.5) is 0 Å². The van der Waals surface area contributed by atoms with E-state index >= 15 is 0 Å². The summed E-state index contributed by atoms with van der Waals surface area (Å²) in [5, 5.41) is 0. The van der Waals surface area contributed by atoms with Crippen molar-refractivity contribution < 1.29 is 9.53 Å². The highest BCUT2D eigenvalue weighted by Gasteiger charge is 2.09. The van der Waals surface area contributed by atoms with Crippen molar-refractivity contribution in [1.29, 1.82) is 0 Å². The van der Waals surface area contributed by atoms with Gasteiger partial charge in [-0.3, -0.25) is 0 Å². The molecule has 0 amide bonds. The average Bonchev–Trinajstić information content (AvgIpc) is 2.69. The Morgan fingerprint density at radius 2 is 2.12 bits per heavy atom. The molecule has 96 valence electrons. The molecule has 0 aliphatic rings. The molecular formula is C13H22N2O2. The van der Waals surface area contributed by atoms with Crippen molar-refractivity contribution in [2.24, 2.45) is 7.05 Å². The van der Waals surface area contributed by atoms with Gasteiger partial charge in [0.1, 0.15) is 5.69 Å². The van der Waals surface area contributed by atoms with Crippen molar-refractivity contribution >= 4 is 5.97 Å². The van der Waals surface area contributed by atoms with Crippen LogP contribution >= 0.6 is 0 Å². The number of aryl methyl sites for hydroxylation is 1. The van der Waals surface area contributed by atoms with Gasteiger partial charge in [0.25, 0.3) is 0 Å². The topological polar surface area (TPSA) is 34.5 Å². The van der Waals surface area contributed by atoms with Crippen molar-refractivity contribution in [3.63, 3.8) is 0 Å². The van der Waals surface area contributed by atoms with Crippen LogP contribution in [0.1, 0.15) is 29.8 Å². The van der Waals surface area contributed by atoms with Gasteiger partial charge in [-0.25, -0.2) is 4.79 Å². The molecule has 1 heterocycles. The van der Waals surface area contributed by atoms with Crippen LogP contribution in [-0.2, 0) is 11.8 Å². The average molecular weight is 238 g/mol. The van der Waals surface area contributed by atoms with Crippen molar-refractivity contribution in [3.8, 4) is 0 Å². The molecule has 0 N–H and O–H groups in total. The largest absolute Gasteiger partial charge is 0.461 e. The van der Waals surface area contributed by atoms with E-state index in [-0.39, 0.29) is 5.97 Å². The molecule has 0 spiro atoms. The van der Waals surface area contributed by atoms with Crippen LogP contribution in [0.15, 0.2) is 18.3 Å². The van der Waals surface area contributed by atoms with Crippen LogP contribution < -0.4 is 0 Å². The quantitative estimate of drug-likeness (QED) is 0.537. The number of carbonyl (C=O) groups excluding carboxylic acids is 1. The second kappa shape index (κ2) is 7.12. The first-order valence-corrected chi connectivity index (χ1v) is 6.04. The molecule has 0 aromatic carbocycles. The predicted octanol–water partition coefficient (Wildman–Crippen LogP) is 1.91. The minimum absolute atomic E-state index is 0.231. The number of hydrogen-bond donors (Lipinski definition) is 0. The van der Waals surface area contributed by atoms with Crippen molar-refractivity contribution in [2.45, 2.75) is 19.3 Å². The number of carbonyl (C=O) groups is 1. The summed E-state index contributed by atoms with van der Waals surface area (Å²) in [4.78, 5) is 13.8. The third-order valence-corrected chi connectivity index (χ3v) is 2.64. The molecule has 1 aromatic heterocycles. The minimum Gasteiger partial charge on any atom is -0.461 e. The van der Waals surface area contributed by atoms with Gasteiger partial charge >= 0.3 is 5.97 Å². The molecule has 0 fully saturated rings. The van der Waals surface area contributed by atoms with Gasteiger partial charge in [0.15, 0.2) is 0 Å². The molecule has 0 aliphatic carbocycles. The molecule has 0 unspecified atom stereocenters. The van der Waals surface area contributed by atoms with Crippen molar-refractivity contribution in [3.05, 3.63) is 24.0 Å². The zero-order valence-electron chi connectivity index (χ0n) is 11.0. The Labute approximate surface area is 103 Å². The molecule has 0 aliphatic heterocycles. The fraction of sp³-hybridized carbons (Fsp3) is 0.615. The maximum atomic E-state index is 11.6. The highest BCUT2D eigenvalue weighted by atomic mass is 16.5. The summed E-state index contributed by atoms with van der Waals surface area (Å²) in [6.45, 7) is 1.60. The van der Waals surface area contributed by atoms with E-state index in [9.17, 15) is 4.79 Å². The Morgan fingerprint density at radius 3 is 2.71 bits per heavy atom. The van der Waals surface area contributed by atoms with Crippen LogP contribution in [-0.4, -0.2) is 42.7 Å². The van der Waals surface area contributed by atoms with Gasteiger partial charge in [-0.15, -0.1) is 0 Å². The highest BCUT2D eigenvalue weighted by Crippen LogP contribution is 2.03. The highest BCUT2D eigenvalue weighted by molar-refractivity contribution is 5.87. The SMILES string of the molecule is CN(C)CCCCCOC(=O)c1cccn1C. The number of ether oxygens (including phenoxy) is 1. The van der Waals surface area contributed by atoms with E-state index in [1.165, 1.54) is 0 Å². The van der Waals surface area contributed by atoms with Crippen LogP contribution in [0.2, 0.25) is 0 Å². The van der Waals surface area contributed by atoms with E-state index in [2.05, 4.69) is 19.0 Å². The fourth-order valence-electron chi connectivity index (χ4n) is 1.62. The van der Waals surface area contributed by atoms with Gasteiger partial charge in [-0.05, 0) is 52.0 Å². The Kier molecular flexibility index (Phi) is 5.77. The van der Waals surface area contributed by atoms with E-state index < -0.39 is 0 Å². The maximum absolute atomic E-state index is 11.6. The smallest absolute Gasteiger partial charge is 0.354 e. The molecule has 1 aromatic rings. The molecular weight excluding hydrogens is 216 g/mol. The molecule has 0 bridgehead atoms. The number of nitrogens with zero attached hydrogens (tertiary/aromatic N) is 2. The Balaban J connectivity index is 2.11. The monoisotopic (exact) mass is 238 g/mol. The summed E-state index contributed by atoms with van der Waals surface area (Å²) >= 11 is 0. The molecule has 1 rings (SSSR count). The minimum atomic E-state index is -0.231. The zero-order valence-corrected chi connectivity index (χ0v) is 11.0. The number of unbranched alkanes of at least 4 members (excludes halogenated alkanes) is 2. The lowest BCUT2D eigenvalue weighted by Gasteiger charge is -2.09. The van der Waals surface area contributed by atoms with E-state index in [1.54, 1.807) is 10.6 Å². The summed E-state index contributed by atoms with van der Waals surface area (Å²) in [5.41, 5.74) is 0.610. The Hall–Kier alpha value is -1.29.